The van der Waals surface area contributed by atoms with Gasteiger partial charge in [0.15, 0.2) is 0 Å². The minimum Gasteiger partial charge on any atom is -0.412 e. The van der Waals surface area contributed by atoms with Crippen LogP contribution in [0.4, 0.5) is 0 Å². The summed E-state index contributed by atoms with van der Waals surface area (Å²) in [6.45, 7) is 1.67. The predicted octanol–water partition coefficient (Wildman–Crippen LogP) is -2.57. The number of hydrogen-bond donors (Lipinski definition) is 1. The number of hydrogen-bond acceptors (Lipinski definition) is 5. The summed E-state index contributed by atoms with van der Waals surface area (Å²) >= 11 is 0.613. The fraction of sp³-hybridized carbons (Fsp3) is 0.385. The van der Waals surface area contributed by atoms with Crippen molar-refractivity contribution in [3.05, 3.63) is 29.8 Å². The number of para-hydroxylation sites is 1. The second kappa shape index (κ2) is 13.3. The molecule has 0 radical (unpaired) electrons. The van der Waals surface area contributed by atoms with E-state index in [2.05, 4.69) is 10.2 Å². The van der Waals surface area contributed by atoms with Gasteiger partial charge in [0.2, 0.25) is 0 Å². The maximum Gasteiger partial charge on any atom is 1.00 e. The van der Waals surface area contributed by atoms with E-state index in [1.807, 2.05) is 0 Å². The molecule has 1 unspecified atom stereocenters. The monoisotopic (exact) mass is 509 g/mol. The van der Waals surface area contributed by atoms with Crippen molar-refractivity contribution in [1.29, 1.82) is 0 Å². The van der Waals surface area contributed by atoms with E-state index in [0.29, 0.717) is 38.2 Å². The third kappa shape index (κ3) is 8.45. The van der Waals surface area contributed by atoms with E-state index in [0.717, 1.165) is 3.93 Å². The van der Waals surface area contributed by atoms with Gasteiger partial charge in [0.25, 0.3) is 0 Å². The Hall–Kier alpha value is -0.185. The number of benzene rings is 1. The van der Waals surface area contributed by atoms with Crippen molar-refractivity contribution in [3.63, 3.8) is 0 Å². The maximum absolute atomic E-state index is 12.1. The summed E-state index contributed by atoms with van der Waals surface area (Å²) in [7, 11) is 1.63. The van der Waals surface area contributed by atoms with Gasteiger partial charge in [-0.05, 0) is 0 Å². The molecule has 1 atom stereocenters. The number of amides is 1. The van der Waals surface area contributed by atoms with Gasteiger partial charge in [-0.25, -0.2) is 0 Å². The van der Waals surface area contributed by atoms with Crippen LogP contribution < -0.4 is 39.8 Å². The number of nitrogens with one attached hydrogen (secondary N) is 1. The molecule has 7 nitrogen and oxygen atoms in total. The molecule has 0 aromatic heterocycles. The van der Waals surface area contributed by atoms with Crippen molar-refractivity contribution in [2.75, 3.05) is 13.7 Å². The zero-order valence-corrected chi connectivity index (χ0v) is 20.5. The van der Waals surface area contributed by atoms with Crippen molar-refractivity contribution in [3.8, 4) is 5.75 Å². The third-order valence-corrected chi connectivity index (χ3v) is 5.03. The summed E-state index contributed by atoms with van der Waals surface area (Å²) in [5, 5.41) is 2.78. The molecule has 0 aliphatic rings. The summed E-state index contributed by atoms with van der Waals surface area (Å²) in [6.07, 6.45) is 0.0452. The fourth-order valence-electron chi connectivity index (χ4n) is 1.44. The molecule has 9 heteroatoms. The minimum atomic E-state index is -0.586. The molecule has 0 bridgehead atoms. The van der Waals surface area contributed by atoms with Gasteiger partial charge in [-0.2, -0.15) is 0 Å². The smallest absolute Gasteiger partial charge is 0.412 e. The summed E-state index contributed by atoms with van der Waals surface area (Å²) in [5.41, 5.74) is 0.307. The van der Waals surface area contributed by atoms with E-state index in [9.17, 15) is 9.59 Å². The average molecular weight is 508 g/mol. The molecule has 1 amide bonds. The Labute approximate surface area is 167 Å². The molecule has 0 spiro atoms. The van der Waals surface area contributed by atoms with Gasteiger partial charge in [0.1, 0.15) is 0 Å². The van der Waals surface area contributed by atoms with E-state index < -0.39 is 5.97 Å². The summed E-state index contributed by atoms with van der Waals surface area (Å²) in [6, 6.07) is 6.55. The Kier molecular flexibility index (Phi) is 14.5. The van der Waals surface area contributed by atoms with E-state index in [1.165, 1.54) is 6.92 Å². The standard InChI is InChI=1S/C13H16NO5.Hg.Na.H2O/c1-9(17-3)8-14-13(16)11-6-4-5-7-12(11)19-18-10(2)15;;;/h4-7,9H,1,8H2,2-3H3,(H,14,16);;;1H2/q;;+1;. The Morgan fingerprint density at radius 3 is 2.50 bits per heavy atom. The molecule has 0 heterocycles. The Morgan fingerprint density at radius 1 is 1.32 bits per heavy atom. The summed E-state index contributed by atoms with van der Waals surface area (Å²) < 4.78 is 6.22. The molecule has 1 aromatic rings. The molecule has 3 N–H and O–H groups in total. The van der Waals surface area contributed by atoms with Crippen LogP contribution in [-0.4, -0.2) is 37.1 Å². The van der Waals surface area contributed by atoms with Gasteiger partial charge in [-0.15, -0.1) is 0 Å². The van der Waals surface area contributed by atoms with Gasteiger partial charge in [0.05, 0.1) is 0 Å². The van der Waals surface area contributed by atoms with Crippen LogP contribution in [0, 0.1) is 0 Å². The second-order valence-corrected chi connectivity index (χ2v) is 6.26. The zero-order valence-electron chi connectivity index (χ0n) is 13.0. The molecule has 1 aromatic carbocycles. The van der Waals surface area contributed by atoms with Crippen LogP contribution in [0.5, 0.6) is 5.75 Å². The molecular formula is C13H18HgNNaO6+. The van der Waals surface area contributed by atoms with Crippen molar-refractivity contribution in [2.24, 2.45) is 0 Å². The Bertz CT molecular complexity index is 470. The molecular weight excluding hydrogens is 490 g/mol. The van der Waals surface area contributed by atoms with Crippen LogP contribution in [0.3, 0.4) is 0 Å². The van der Waals surface area contributed by atoms with Gasteiger partial charge in [-0.3, -0.25) is 0 Å². The minimum absolute atomic E-state index is 0. The fourth-order valence-corrected chi connectivity index (χ4v) is 3.15. The number of rotatable bonds is 7. The maximum atomic E-state index is 12.1. The topological polar surface area (TPSA) is 105 Å². The third-order valence-electron chi connectivity index (χ3n) is 2.53. The van der Waals surface area contributed by atoms with Crippen LogP contribution in [0.15, 0.2) is 24.3 Å². The van der Waals surface area contributed by atoms with Crippen molar-refractivity contribution in [2.45, 2.75) is 17.0 Å². The quantitative estimate of drug-likeness (QED) is 0.248. The molecule has 0 fully saturated rings. The summed E-state index contributed by atoms with van der Waals surface area (Å²) in [4.78, 5) is 32.1. The van der Waals surface area contributed by atoms with Crippen LogP contribution in [0.2, 0.25) is 3.93 Å². The van der Waals surface area contributed by atoms with Gasteiger partial charge in [0, 0.05) is 0 Å². The first-order chi connectivity index (χ1) is 9.58. The van der Waals surface area contributed by atoms with Gasteiger partial charge in [-0.1, -0.05) is 0 Å². The van der Waals surface area contributed by atoms with E-state index in [1.54, 1.807) is 31.4 Å². The number of methoxy groups -OCH3 is 1. The first-order valence-corrected chi connectivity index (χ1v) is 10.0. The number of ether oxygens (including phenoxy) is 1. The average Bonchev–Trinajstić information content (AvgIpc) is 2.46. The van der Waals surface area contributed by atoms with Crippen LogP contribution in [0.25, 0.3) is 0 Å². The first kappa shape index (κ1) is 24.1. The molecule has 0 saturated carbocycles. The van der Waals surface area contributed by atoms with Crippen LogP contribution in [0.1, 0.15) is 17.3 Å². The number of carbonyl (C=O) groups excluding carboxylic acids is 2. The Morgan fingerprint density at radius 2 is 1.95 bits per heavy atom. The zero-order chi connectivity index (χ0) is 15.0. The Balaban J connectivity index is 0. The van der Waals surface area contributed by atoms with E-state index >= 15 is 0 Å². The largest absolute Gasteiger partial charge is 1.00 e. The molecule has 22 heavy (non-hydrogen) atoms. The van der Waals surface area contributed by atoms with E-state index in [-0.39, 0.29) is 52.8 Å². The van der Waals surface area contributed by atoms with Gasteiger partial charge >= 0.3 is 163 Å². The molecule has 1 rings (SSSR count). The van der Waals surface area contributed by atoms with Crippen molar-refractivity contribution in [1.82, 2.24) is 5.32 Å². The number of carbonyl (C=O) groups is 2. The molecule has 0 aliphatic carbocycles. The SMILES string of the molecule is COC([CH2][Hg])CNC(=O)c1ccccc1OOC(C)=O.O.[Na+]. The van der Waals surface area contributed by atoms with Gasteiger partial charge < -0.3 is 5.48 Å². The molecule has 0 saturated heterocycles. The van der Waals surface area contributed by atoms with Crippen molar-refractivity contribution >= 4 is 11.9 Å². The molecule has 113 valence electrons. The first-order valence-electron chi connectivity index (χ1n) is 6.12. The normalized spacial score (nSPS) is 10.5. The van der Waals surface area contributed by atoms with Crippen LogP contribution in [-0.2, 0) is 40.5 Å². The predicted molar refractivity (Wildman–Crippen MR) is 70.4 cm³/mol. The summed E-state index contributed by atoms with van der Waals surface area (Å²) in [5.74, 6) is -0.682. The van der Waals surface area contributed by atoms with Crippen LogP contribution >= 0.6 is 0 Å². The molecule has 0 aliphatic heterocycles. The second-order valence-electron chi connectivity index (χ2n) is 4.01. The van der Waals surface area contributed by atoms with E-state index in [4.69, 9.17) is 9.62 Å². The van der Waals surface area contributed by atoms with Crippen molar-refractivity contribution < 1.29 is 85.3 Å².